The van der Waals surface area contributed by atoms with E-state index >= 15 is 0 Å². The number of nitrogens with zero attached hydrogens (tertiary/aromatic N) is 3. The van der Waals surface area contributed by atoms with Gasteiger partial charge in [0.2, 0.25) is 5.91 Å². The van der Waals surface area contributed by atoms with Crippen LogP contribution in [0.5, 0.6) is 0 Å². The van der Waals surface area contributed by atoms with Crippen LogP contribution in [0.2, 0.25) is 0 Å². The molecule has 2 aliphatic rings. The summed E-state index contributed by atoms with van der Waals surface area (Å²) in [6.45, 7) is 0. The molecule has 2 aromatic rings. The monoisotopic (exact) mass is 330 g/mol. The maximum Gasteiger partial charge on any atom is 0.225 e. The summed E-state index contributed by atoms with van der Waals surface area (Å²) in [6, 6.07) is 14.0. The van der Waals surface area contributed by atoms with Crippen LogP contribution in [0.25, 0.3) is 5.57 Å². The number of benzene rings is 1. The lowest BCUT2D eigenvalue weighted by Gasteiger charge is -2.07. The molecule has 4 rings (SSSR count). The third-order valence-corrected chi connectivity index (χ3v) is 4.42. The fourth-order valence-electron chi connectivity index (χ4n) is 3.16. The van der Waals surface area contributed by atoms with Crippen molar-refractivity contribution in [3.63, 3.8) is 0 Å². The van der Waals surface area contributed by atoms with E-state index in [0.29, 0.717) is 18.7 Å². The number of nitrogens with one attached hydrogen (secondary N) is 1. The van der Waals surface area contributed by atoms with Gasteiger partial charge < -0.3 is 5.32 Å². The van der Waals surface area contributed by atoms with Crippen molar-refractivity contribution < 1.29 is 4.79 Å². The van der Waals surface area contributed by atoms with Crippen molar-refractivity contribution in [2.75, 3.05) is 0 Å². The van der Waals surface area contributed by atoms with E-state index in [1.54, 1.807) is 6.20 Å². The molecule has 5 heteroatoms. The highest BCUT2D eigenvalue weighted by Crippen LogP contribution is 2.30. The topological polar surface area (TPSA) is 66.7 Å². The van der Waals surface area contributed by atoms with Gasteiger partial charge in [-0.15, -0.1) is 5.10 Å². The number of amidine groups is 1. The Hall–Kier alpha value is -3.08. The van der Waals surface area contributed by atoms with Crippen LogP contribution in [0, 0.1) is 0 Å². The Morgan fingerprint density at radius 2 is 1.96 bits per heavy atom. The number of rotatable bonds is 4. The zero-order valence-electron chi connectivity index (χ0n) is 13.8. The van der Waals surface area contributed by atoms with Crippen LogP contribution in [0.4, 0.5) is 0 Å². The molecule has 0 saturated heterocycles. The Bertz CT molecular complexity index is 897. The lowest BCUT2D eigenvalue weighted by Crippen LogP contribution is -2.30. The normalized spacial score (nSPS) is 15.3. The minimum Gasteiger partial charge on any atom is -0.312 e. The second kappa shape index (κ2) is 6.81. The maximum absolute atomic E-state index is 12.2. The molecule has 1 aromatic heterocycles. The predicted octanol–water partition coefficient (Wildman–Crippen LogP) is 3.12. The van der Waals surface area contributed by atoms with Crippen LogP contribution >= 0.6 is 0 Å². The Kier molecular flexibility index (Phi) is 4.21. The number of hydrogen-bond donors (Lipinski definition) is 1. The quantitative estimate of drug-likeness (QED) is 0.936. The van der Waals surface area contributed by atoms with Crippen molar-refractivity contribution in [3.8, 4) is 0 Å². The van der Waals surface area contributed by atoms with Crippen molar-refractivity contribution in [1.29, 1.82) is 0 Å². The molecule has 25 heavy (non-hydrogen) atoms. The van der Waals surface area contributed by atoms with E-state index in [1.165, 1.54) is 16.7 Å². The van der Waals surface area contributed by atoms with Crippen molar-refractivity contribution in [3.05, 3.63) is 71.6 Å². The van der Waals surface area contributed by atoms with Crippen LogP contribution in [0.1, 0.15) is 36.1 Å². The van der Waals surface area contributed by atoms with E-state index in [1.807, 2.05) is 24.3 Å². The highest BCUT2D eigenvalue weighted by molar-refractivity contribution is 6.16. The summed E-state index contributed by atoms with van der Waals surface area (Å²) in [5.41, 5.74) is 5.44. The van der Waals surface area contributed by atoms with Gasteiger partial charge >= 0.3 is 0 Å². The number of hydrogen-bond acceptors (Lipinski definition) is 4. The molecule has 0 bridgehead atoms. The van der Waals surface area contributed by atoms with Crippen LogP contribution in [0.15, 0.2) is 64.9 Å². The summed E-state index contributed by atoms with van der Waals surface area (Å²) in [6.07, 6.45) is 6.59. The van der Waals surface area contributed by atoms with E-state index in [-0.39, 0.29) is 5.91 Å². The van der Waals surface area contributed by atoms with Crippen LogP contribution in [-0.2, 0) is 11.2 Å². The van der Waals surface area contributed by atoms with E-state index in [0.717, 1.165) is 24.2 Å². The molecule has 1 aliphatic carbocycles. The molecule has 0 saturated carbocycles. The number of aromatic nitrogens is 1. The molecule has 0 radical (unpaired) electrons. The number of fused-ring (bicyclic) bond motifs is 1. The molecule has 0 fully saturated rings. The van der Waals surface area contributed by atoms with Gasteiger partial charge in [-0.3, -0.25) is 9.78 Å². The summed E-state index contributed by atoms with van der Waals surface area (Å²) in [5.74, 6) is 0.563. The van der Waals surface area contributed by atoms with E-state index in [2.05, 4.69) is 44.8 Å². The van der Waals surface area contributed by atoms with Crippen molar-refractivity contribution >= 4 is 23.0 Å². The second-order valence-corrected chi connectivity index (χ2v) is 6.12. The van der Waals surface area contributed by atoms with Gasteiger partial charge in [-0.05, 0) is 41.7 Å². The summed E-state index contributed by atoms with van der Waals surface area (Å²) >= 11 is 0. The highest BCUT2D eigenvalue weighted by Gasteiger charge is 2.18. The number of amides is 1. The fourth-order valence-corrected chi connectivity index (χ4v) is 3.16. The van der Waals surface area contributed by atoms with Crippen molar-refractivity contribution in [2.45, 2.75) is 25.7 Å². The number of pyridine rings is 1. The smallest absolute Gasteiger partial charge is 0.225 e. The fraction of sp³-hybridized carbons (Fsp3) is 0.200. The second-order valence-electron chi connectivity index (χ2n) is 6.12. The van der Waals surface area contributed by atoms with E-state index in [4.69, 9.17) is 0 Å². The first kappa shape index (κ1) is 15.4. The van der Waals surface area contributed by atoms with Crippen LogP contribution < -0.4 is 5.32 Å². The largest absolute Gasteiger partial charge is 0.312 e. The molecule has 1 amide bonds. The molecule has 1 N–H and O–H groups in total. The molecule has 0 atom stereocenters. The summed E-state index contributed by atoms with van der Waals surface area (Å²) < 4.78 is 0. The van der Waals surface area contributed by atoms with Gasteiger partial charge in [0.05, 0.1) is 17.8 Å². The third-order valence-electron chi connectivity index (χ3n) is 4.42. The van der Waals surface area contributed by atoms with Gasteiger partial charge in [-0.1, -0.05) is 36.4 Å². The predicted molar refractivity (Wildman–Crippen MR) is 98.3 cm³/mol. The minimum atomic E-state index is -0.0264. The molecule has 0 unspecified atom stereocenters. The first-order valence-electron chi connectivity index (χ1n) is 8.41. The van der Waals surface area contributed by atoms with Crippen LogP contribution in [0.3, 0.4) is 0 Å². The number of carbonyl (C=O) groups is 1. The number of allylic oxidation sites excluding steroid dienone is 2. The van der Waals surface area contributed by atoms with Gasteiger partial charge in [0.15, 0.2) is 0 Å². The van der Waals surface area contributed by atoms with Gasteiger partial charge in [0, 0.05) is 12.6 Å². The molecule has 1 aromatic carbocycles. The summed E-state index contributed by atoms with van der Waals surface area (Å²) in [4.78, 5) is 16.5. The first-order chi connectivity index (χ1) is 12.3. The Morgan fingerprint density at radius 1 is 1.08 bits per heavy atom. The molecule has 2 heterocycles. The Morgan fingerprint density at radius 3 is 2.84 bits per heavy atom. The van der Waals surface area contributed by atoms with Crippen molar-refractivity contribution in [2.24, 2.45) is 10.2 Å². The van der Waals surface area contributed by atoms with Gasteiger partial charge in [-0.2, -0.15) is 5.10 Å². The third kappa shape index (κ3) is 3.40. The summed E-state index contributed by atoms with van der Waals surface area (Å²) in [7, 11) is 0. The zero-order valence-corrected chi connectivity index (χ0v) is 13.8. The lowest BCUT2D eigenvalue weighted by molar-refractivity contribution is -0.119. The molecule has 124 valence electrons. The van der Waals surface area contributed by atoms with Gasteiger partial charge in [0.1, 0.15) is 5.84 Å². The van der Waals surface area contributed by atoms with Crippen LogP contribution in [-0.4, -0.2) is 22.4 Å². The highest BCUT2D eigenvalue weighted by atomic mass is 16.1. The Balaban J connectivity index is 1.28. The lowest BCUT2D eigenvalue weighted by atomic mass is 10.0. The standard InChI is InChI=1S/C20H18N4O/c25-20(11-10-15-9-8-14-5-1-2-6-16(14)15)22-19-13-18(23-24-19)17-7-3-4-12-21-17/h1-7,9,12H,8,10-11,13H2,(H,22,24,25). The molecular formula is C20H18N4O. The SMILES string of the molecule is O=C(CCC1=CCc2ccccc21)NC1=NN=C(c2ccccn2)C1. The maximum atomic E-state index is 12.2. The van der Waals surface area contributed by atoms with E-state index < -0.39 is 0 Å². The number of carbonyl (C=O) groups excluding carboxylic acids is 1. The zero-order chi connectivity index (χ0) is 17.1. The van der Waals surface area contributed by atoms with Gasteiger partial charge in [0.25, 0.3) is 0 Å². The molecule has 1 aliphatic heterocycles. The average molecular weight is 330 g/mol. The minimum absolute atomic E-state index is 0.0264. The van der Waals surface area contributed by atoms with E-state index in [9.17, 15) is 4.79 Å². The summed E-state index contributed by atoms with van der Waals surface area (Å²) in [5, 5.41) is 11.1. The molecule has 0 spiro atoms. The molecular weight excluding hydrogens is 312 g/mol. The first-order valence-corrected chi connectivity index (χ1v) is 8.41. The van der Waals surface area contributed by atoms with Gasteiger partial charge in [-0.25, -0.2) is 0 Å². The molecule has 5 nitrogen and oxygen atoms in total. The Labute approximate surface area is 146 Å². The average Bonchev–Trinajstić information content (AvgIpc) is 3.28. The van der Waals surface area contributed by atoms with Crippen molar-refractivity contribution in [1.82, 2.24) is 10.3 Å².